The first kappa shape index (κ1) is 18.7. The Balaban J connectivity index is 1.79. The zero-order chi connectivity index (χ0) is 19.6. The summed E-state index contributed by atoms with van der Waals surface area (Å²) >= 11 is 0. The summed E-state index contributed by atoms with van der Waals surface area (Å²) in [5.41, 5.74) is -0.0938. The van der Waals surface area contributed by atoms with Gasteiger partial charge in [0.25, 0.3) is 5.69 Å². The van der Waals surface area contributed by atoms with E-state index < -0.39 is 28.6 Å². The van der Waals surface area contributed by atoms with Crippen LogP contribution in [0.1, 0.15) is 30.1 Å². The number of nitro benzene ring substituents is 1. The molecule has 1 saturated heterocycles. The average molecular weight is 375 g/mol. The van der Waals surface area contributed by atoms with Crippen LogP contribution < -0.4 is 4.90 Å². The second-order valence-electron chi connectivity index (χ2n) is 6.43. The van der Waals surface area contributed by atoms with Gasteiger partial charge >= 0.3 is 0 Å². The highest BCUT2D eigenvalue weighted by molar-refractivity contribution is 5.71. The van der Waals surface area contributed by atoms with Gasteiger partial charge in [-0.05, 0) is 43.0 Å². The Morgan fingerprint density at radius 1 is 1.22 bits per heavy atom. The monoisotopic (exact) mass is 375 g/mol. The van der Waals surface area contributed by atoms with E-state index in [1.807, 2.05) is 6.07 Å². The van der Waals surface area contributed by atoms with Crippen LogP contribution in [0.25, 0.3) is 0 Å². The molecule has 0 N–H and O–H groups in total. The second-order valence-corrected chi connectivity index (χ2v) is 6.43. The van der Waals surface area contributed by atoms with E-state index in [0.29, 0.717) is 12.8 Å². The van der Waals surface area contributed by atoms with Crippen molar-refractivity contribution in [2.24, 2.45) is 5.92 Å². The molecule has 0 aliphatic carbocycles. The molecule has 1 aliphatic heterocycles. The van der Waals surface area contributed by atoms with Gasteiger partial charge in [0.2, 0.25) is 0 Å². The van der Waals surface area contributed by atoms with Crippen molar-refractivity contribution in [3.63, 3.8) is 0 Å². The van der Waals surface area contributed by atoms with E-state index in [0.717, 1.165) is 18.2 Å². The van der Waals surface area contributed by atoms with Crippen molar-refractivity contribution >= 4 is 11.4 Å². The zero-order valence-corrected chi connectivity index (χ0v) is 14.2. The van der Waals surface area contributed by atoms with Crippen LogP contribution in [0.2, 0.25) is 0 Å². The number of nitro groups is 1. The van der Waals surface area contributed by atoms with Crippen molar-refractivity contribution < 1.29 is 18.1 Å². The van der Waals surface area contributed by atoms with Gasteiger partial charge in [0.15, 0.2) is 0 Å². The quantitative estimate of drug-likeness (QED) is 0.575. The van der Waals surface area contributed by atoms with Gasteiger partial charge in [-0.25, -0.2) is 13.2 Å². The molecule has 0 aromatic heterocycles. The average Bonchev–Trinajstić information content (AvgIpc) is 2.68. The van der Waals surface area contributed by atoms with Crippen molar-refractivity contribution in [2.45, 2.75) is 19.0 Å². The molecule has 1 heterocycles. The van der Waals surface area contributed by atoms with Crippen LogP contribution in [0.4, 0.5) is 24.5 Å². The van der Waals surface area contributed by atoms with Crippen LogP contribution in [0, 0.1) is 39.0 Å². The highest BCUT2D eigenvalue weighted by Gasteiger charge is 2.32. The van der Waals surface area contributed by atoms with Crippen molar-refractivity contribution in [1.82, 2.24) is 0 Å². The van der Waals surface area contributed by atoms with E-state index in [-0.39, 0.29) is 35.6 Å². The number of alkyl halides is 1. The largest absolute Gasteiger partial charge is 0.365 e. The molecule has 0 spiro atoms. The van der Waals surface area contributed by atoms with Gasteiger partial charge < -0.3 is 4.90 Å². The third-order valence-electron chi connectivity index (χ3n) is 4.86. The smallest absolute Gasteiger partial charge is 0.293 e. The Labute approximate surface area is 153 Å². The molecular formula is C19H16F3N3O2. The maximum atomic E-state index is 14.8. The topological polar surface area (TPSA) is 70.2 Å². The first-order chi connectivity index (χ1) is 12.9. The van der Waals surface area contributed by atoms with E-state index in [1.54, 1.807) is 4.90 Å². The molecule has 0 radical (unpaired) electrons. The molecule has 0 amide bonds. The molecular weight excluding hydrogens is 359 g/mol. The Hall–Kier alpha value is -3.08. The standard InChI is InChI=1S/C19H16F3N3O2/c20-14-4-5-16(21)15(10-14)18(22)12-6-8-24(9-7-12)19-13(11-23)2-1-3-17(19)25(26)27/h1-5,10,12,18H,6-9H2. The van der Waals surface area contributed by atoms with Crippen LogP contribution in [-0.4, -0.2) is 18.0 Å². The lowest BCUT2D eigenvalue weighted by Crippen LogP contribution is -2.36. The number of halogens is 3. The number of anilines is 1. The molecule has 8 heteroatoms. The molecule has 0 bridgehead atoms. The Kier molecular flexibility index (Phi) is 5.31. The van der Waals surface area contributed by atoms with E-state index in [2.05, 4.69) is 0 Å². The fraction of sp³-hybridized carbons (Fsp3) is 0.316. The minimum atomic E-state index is -1.66. The highest BCUT2D eigenvalue weighted by atomic mass is 19.1. The summed E-state index contributed by atoms with van der Waals surface area (Å²) in [4.78, 5) is 12.4. The van der Waals surface area contributed by atoms with Crippen molar-refractivity contribution in [3.05, 3.63) is 69.3 Å². The van der Waals surface area contributed by atoms with Gasteiger partial charge in [0, 0.05) is 24.7 Å². The first-order valence-electron chi connectivity index (χ1n) is 8.44. The molecule has 27 heavy (non-hydrogen) atoms. The van der Waals surface area contributed by atoms with Gasteiger partial charge in [0.05, 0.1) is 10.5 Å². The van der Waals surface area contributed by atoms with Crippen LogP contribution >= 0.6 is 0 Å². The summed E-state index contributed by atoms with van der Waals surface area (Å²) in [6.45, 7) is 0.559. The van der Waals surface area contributed by atoms with E-state index in [4.69, 9.17) is 0 Å². The summed E-state index contributed by atoms with van der Waals surface area (Å²) in [7, 11) is 0. The lowest BCUT2D eigenvalue weighted by molar-refractivity contribution is -0.384. The molecule has 1 fully saturated rings. The van der Waals surface area contributed by atoms with Crippen LogP contribution in [-0.2, 0) is 0 Å². The minimum Gasteiger partial charge on any atom is -0.365 e. The lowest BCUT2D eigenvalue weighted by Gasteiger charge is -2.35. The number of benzene rings is 2. The maximum absolute atomic E-state index is 14.8. The third-order valence-corrected chi connectivity index (χ3v) is 4.86. The third kappa shape index (κ3) is 3.72. The van der Waals surface area contributed by atoms with Gasteiger partial charge in [-0.1, -0.05) is 6.07 Å². The molecule has 1 atom stereocenters. The molecule has 1 aliphatic rings. The Bertz CT molecular complexity index is 906. The molecule has 3 rings (SSSR count). The zero-order valence-electron chi connectivity index (χ0n) is 14.2. The molecule has 2 aromatic rings. The second kappa shape index (κ2) is 7.66. The summed E-state index contributed by atoms with van der Waals surface area (Å²) in [5.74, 6) is -2.03. The maximum Gasteiger partial charge on any atom is 0.293 e. The molecule has 1 unspecified atom stereocenters. The Morgan fingerprint density at radius 3 is 2.56 bits per heavy atom. The number of hydrogen-bond acceptors (Lipinski definition) is 4. The first-order valence-corrected chi connectivity index (χ1v) is 8.44. The minimum absolute atomic E-state index is 0.177. The highest BCUT2D eigenvalue weighted by Crippen LogP contribution is 2.39. The number of piperidine rings is 1. The van der Waals surface area contributed by atoms with Gasteiger partial charge in [-0.15, -0.1) is 0 Å². The van der Waals surface area contributed by atoms with E-state index in [9.17, 15) is 28.5 Å². The molecule has 5 nitrogen and oxygen atoms in total. The van der Waals surface area contributed by atoms with Crippen molar-refractivity contribution in [3.8, 4) is 6.07 Å². The summed E-state index contributed by atoms with van der Waals surface area (Å²) in [5, 5.41) is 20.6. The molecule has 140 valence electrons. The number of hydrogen-bond donors (Lipinski definition) is 0. The Morgan fingerprint density at radius 2 is 1.93 bits per heavy atom. The van der Waals surface area contributed by atoms with Crippen LogP contribution in [0.3, 0.4) is 0 Å². The summed E-state index contributed by atoms with van der Waals surface area (Å²) in [6, 6.07) is 8.91. The van der Waals surface area contributed by atoms with Crippen molar-refractivity contribution in [2.75, 3.05) is 18.0 Å². The predicted molar refractivity (Wildman–Crippen MR) is 93.0 cm³/mol. The van der Waals surface area contributed by atoms with Gasteiger partial charge in [0.1, 0.15) is 29.6 Å². The van der Waals surface area contributed by atoms with Crippen LogP contribution in [0.5, 0.6) is 0 Å². The van der Waals surface area contributed by atoms with E-state index >= 15 is 0 Å². The number of nitriles is 1. The number of rotatable bonds is 4. The SMILES string of the molecule is N#Cc1cccc([N+](=O)[O-])c1N1CCC(C(F)c2cc(F)ccc2F)CC1. The van der Waals surface area contributed by atoms with Gasteiger partial charge in [-0.2, -0.15) is 5.26 Å². The summed E-state index contributed by atoms with van der Waals surface area (Å²) in [6.07, 6.45) is -1.06. The van der Waals surface area contributed by atoms with Gasteiger partial charge in [-0.3, -0.25) is 10.1 Å². The molecule has 0 saturated carbocycles. The predicted octanol–water partition coefficient (Wildman–Crippen LogP) is 4.67. The fourth-order valence-corrected chi connectivity index (χ4v) is 3.50. The van der Waals surface area contributed by atoms with E-state index in [1.165, 1.54) is 18.2 Å². The fourth-order valence-electron chi connectivity index (χ4n) is 3.50. The number of para-hydroxylation sites is 1. The summed E-state index contributed by atoms with van der Waals surface area (Å²) < 4.78 is 41.9. The van der Waals surface area contributed by atoms with Crippen molar-refractivity contribution in [1.29, 1.82) is 5.26 Å². The van der Waals surface area contributed by atoms with Crippen LogP contribution in [0.15, 0.2) is 36.4 Å². The lowest BCUT2D eigenvalue weighted by atomic mass is 9.87. The number of nitrogens with zero attached hydrogens (tertiary/aromatic N) is 3. The normalized spacial score (nSPS) is 16.0. The molecule has 2 aromatic carbocycles.